The van der Waals surface area contributed by atoms with E-state index in [9.17, 15) is 0 Å². The highest BCUT2D eigenvalue weighted by atomic mass is 16.3. The summed E-state index contributed by atoms with van der Waals surface area (Å²) in [5.74, 6) is 0.962. The standard InChI is InChI=1S/C42H25N3O/c1-2-12-24(13-3-1)38-41-39(30-19-9-11-21-35(30)46-41)44-42(43-38)45-34-20-10-8-18-29(34)33-23-32-28-17-7-6-16-27(28)31-22-25-14-4-5-15-26(25)37(36(31)32)40(33)45/h1-21,23,31H,22H2. The maximum atomic E-state index is 6.46. The monoisotopic (exact) mass is 587 g/mol. The van der Waals surface area contributed by atoms with Gasteiger partial charge in [0, 0.05) is 33.2 Å². The van der Waals surface area contributed by atoms with Gasteiger partial charge in [-0.05, 0) is 64.1 Å². The lowest BCUT2D eigenvalue weighted by Gasteiger charge is -2.27. The minimum atomic E-state index is 0.313. The normalized spacial score (nSPS) is 14.7. The summed E-state index contributed by atoms with van der Waals surface area (Å²) in [4.78, 5) is 10.7. The Bertz CT molecular complexity index is 2730. The first-order valence-corrected chi connectivity index (χ1v) is 15.9. The molecule has 214 valence electrons. The summed E-state index contributed by atoms with van der Waals surface area (Å²) in [7, 11) is 0. The lowest BCUT2D eigenvalue weighted by Crippen LogP contribution is -2.12. The fourth-order valence-electron chi connectivity index (χ4n) is 8.25. The molecule has 1 unspecified atom stereocenters. The zero-order valence-electron chi connectivity index (χ0n) is 24.7. The van der Waals surface area contributed by atoms with Gasteiger partial charge in [-0.25, -0.2) is 9.97 Å². The van der Waals surface area contributed by atoms with Gasteiger partial charge in [-0.2, -0.15) is 0 Å². The van der Waals surface area contributed by atoms with Gasteiger partial charge in [0.15, 0.2) is 5.58 Å². The maximum Gasteiger partial charge on any atom is 0.236 e. The molecule has 0 N–H and O–H groups in total. The molecule has 2 aliphatic carbocycles. The Morgan fingerprint density at radius 1 is 0.630 bits per heavy atom. The van der Waals surface area contributed by atoms with Crippen molar-refractivity contribution in [3.8, 4) is 39.5 Å². The van der Waals surface area contributed by atoms with Gasteiger partial charge in [-0.15, -0.1) is 0 Å². The summed E-state index contributed by atoms with van der Waals surface area (Å²) in [5, 5.41) is 3.41. The van der Waals surface area contributed by atoms with Crippen molar-refractivity contribution in [2.45, 2.75) is 12.3 Å². The molecule has 3 aromatic heterocycles. The van der Waals surface area contributed by atoms with Crippen molar-refractivity contribution in [3.63, 3.8) is 0 Å². The Hall–Kier alpha value is -6.00. The third-order valence-electron chi connectivity index (χ3n) is 10.1. The van der Waals surface area contributed by atoms with Crippen molar-refractivity contribution < 1.29 is 4.42 Å². The van der Waals surface area contributed by atoms with Gasteiger partial charge in [-0.1, -0.05) is 109 Å². The van der Waals surface area contributed by atoms with E-state index in [4.69, 9.17) is 14.4 Å². The Kier molecular flexibility index (Phi) is 4.66. The first-order chi connectivity index (χ1) is 22.8. The van der Waals surface area contributed by atoms with Crippen LogP contribution in [0.2, 0.25) is 0 Å². The van der Waals surface area contributed by atoms with Crippen LogP contribution in [0.3, 0.4) is 0 Å². The van der Waals surface area contributed by atoms with Crippen LogP contribution in [0.25, 0.3) is 83.3 Å². The highest BCUT2D eigenvalue weighted by Gasteiger charge is 2.38. The summed E-state index contributed by atoms with van der Waals surface area (Å²) < 4.78 is 8.78. The third kappa shape index (κ3) is 3.08. The molecule has 0 radical (unpaired) electrons. The molecule has 11 rings (SSSR count). The van der Waals surface area contributed by atoms with Gasteiger partial charge in [0.2, 0.25) is 5.95 Å². The molecule has 0 bridgehead atoms. The number of hydrogen-bond donors (Lipinski definition) is 0. The number of furan rings is 1. The second-order valence-corrected chi connectivity index (χ2v) is 12.5. The van der Waals surface area contributed by atoms with Crippen LogP contribution in [-0.4, -0.2) is 14.5 Å². The lowest BCUT2D eigenvalue weighted by atomic mass is 9.77. The summed E-state index contributed by atoms with van der Waals surface area (Å²) in [6.45, 7) is 0. The van der Waals surface area contributed by atoms with Crippen molar-refractivity contribution in [1.82, 2.24) is 14.5 Å². The van der Waals surface area contributed by atoms with Crippen molar-refractivity contribution >= 4 is 43.9 Å². The molecule has 9 aromatic rings. The van der Waals surface area contributed by atoms with E-state index >= 15 is 0 Å². The average molecular weight is 588 g/mol. The van der Waals surface area contributed by atoms with E-state index in [0.717, 1.165) is 45.2 Å². The second kappa shape index (κ2) is 8.80. The number of fused-ring (bicyclic) bond motifs is 12. The van der Waals surface area contributed by atoms with E-state index in [1.54, 1.807) is 0 Å². The molecule has 6 aromatic carbocycles. The fraction of sp³-hybridized carbons (Fsp3) is 0.0476. The highest BCUT2D eigenvalue weighted by molar-refractivity contribution is 6.17. The number of benzene rings is 6. The highest BCUT2D eigenvalue weighted by Crippen LogP contribution is 2.57. The largest absolute Gasteiger partial charge is 0.452 e. The quantitative estimate of drug-likeness (QED) is 0.202. The molecule has 0 fully saturated rings. The van der Waals surface area contributed by atoms with Gasteiger partial charge in [-0.3, -0.25) is 4.57 Å². The minimum absolute atomic E-state index is 0.313. The molecule has 46 heavy (non-hydrogen) atoms. The average Bonchev–Trinajstić information content (AvgIpc) is 3.77. The van der Waals surface area contributed by atoms with Crippen LogP contribution in [0, 0.1) is 0 Å². The zero-order chi connectivity index (χ0) is 29.9. The number of hydrogen-bond acceptors (Lipinski definition) is 3. The topological polar surface area (TPSA) is 43.9 Å². The molecule has 4 heteroatoms. The van der Waals surface area contributed by atoms with Crippen LogP contribution in [-0.2, 0) is 6.42 Å². The fourth-order valence-corrected chi connectivity index (χ4v) is 8.25. The number of aromatic nitrogens is 3. The van der Waals surface area contributed by atoms with E-state index in [2.05, 4.69) is 102 Å². The molecule has 1 atom stereocenters. The number of rotatable bonds is 2. The van der Waals surface area contributed by atoms with Gasteiger partial charge in [0.05, 0.1) is 11.0 Å². The van der Waals surface area contributed by atoms with Crippen molar-refractivity contribution in [3.05, 3.63) is 150 Å². The predicted octanol–water partition coefficient (Wildman–Crippen LogP) is 10.5. The molecular formula is C42H25N3O. The smallest absolute Gasteiger partial charge is 0.236 e. The van der Waals surface area contributed by atoms with E-state index in [0.29, 0.717) is 17.4 Å². The van der Waals surface area contributed by atoms with E-state index < -0.39 is 0 Å². The minimum Gasteiger partial charge on any atom is -0.452 e. The predicted molar refractivity (Wildman–Crippen MR) is 186 cm³/mol. The Labute approximate surface area is 264 Å². The van der Waals surface area contributed by atoms with Crippen LogP contribution >= 0.6 is 0 Å². The van der Waals surface area contributed by atoms with Crippen molar-refractivity contribution in [2.75, 3.05) is 0 Å². The van der Waals surface area contributed by atoms with Crippen LogP contribution < -0.4 is 0 Å². The van der Waals surface area contributed by atoms with E-state index in [1.807, 2.05) is 36.4 Å². The summed E-state index contributed by atoms with van der Waals surface area (Å²) >= 11 is 0. The Morgan fingerprint density at radius 3 is 2.28 bits per heavy atom. The Morgan fingerprint density at radius 2 is 1.37 bits per heavy atom. The molecule has 0 aliphatic heterocycles. The summed E-state index contributed by atoms with van der Waals surface area (Å²) in [6.07, 6.45) is 1.00. The molecular weight excluding hydrogens is 562 g/mol. The van der Waals surface area contributed by atoms with Crippen LogP contribution in [0.1, 0.15) is 22.6 Å². The summed E-state index contributed by atoms with van der Waals surface area (Å²) in [5.41, 5.74) is 15.9. The van der Waals surface area contributed by atoms with E-state index in [-0.39, 0.29) is 0 Å². The third-order valence-corrected chi connectivity index (χ3v) is 10.1. The Balaban J connectivity index is 1.34. The van der Waals surface area contributed by atoms with Gasteiger partial charge in [0.25, 0.3) is 0 Å². The molecule has 0 spiro atoms. The second-order valence-electron chi connectivity index (χ2n) is 12.5. The number of para-hydroxylation sites is 2. The van der Waals surface area contributed by atoms with Crippen molar-refractivity contribution in [1.29, 1.82) is 0 Å². The molecule has 2 aliphatic rings. The molecule has 0 saturated heterocycles. The van der Waals surface area contributed by atoms with Crippen LogP contribution in [0.15, 0.2) is 138 Å². The van der Waals surface area contributed by atoms with Gasteiger partial charge in [0.1, 0.15) is 16.8 Å². The number of nitrogens with zero attached hydrogens (tertiary/aromatic N) is 3. The first kappa shape index (κ1) is 24.3. The van der Waals surface area contributed by atoms with Crippen LogP contribution in [0.4, 0.5) is 0 Å². The summed E-state index contributed by atoms with van der Waals surface area (Å²) in [6, 6.07) is 47.5. The molecule has 4 nitrogen and oxygen atoms in total. The lowest BCUT2D eigenvalue weighted by molar-refractivity contribution is 0.666. The maximum absolute atomic E-state index is 6.46. The SMILES string of the molecule is c1ccc(-c2nc(-n3c4ccccc4c4cc5c6c(c43)-c3ccccc3CC6c3ccccc3-5)nc3c2oc2ccccc23)cc1. The first-order valence-electron chi connectivity index (χ1n) is 15.9. The van der Waals surface area contributed by atoms with Crippen molar-refractivity contribution in [2.24, 2.45) is 0 Å². The molecule has 0 amide bonds. The van der Waals surface area contributed by atoms with Crippen LogP contribution in [0.5, 0.6) is 0 Å². The molecule has 0 saturated carbocycles. The zero-order valence-corrected chi connectivity index (χ0v) is 24.7. The molecule has 3 heterocycles. The van der Waals surface area contributed by atoms with Gasteiger partial charge >= 0.3 is 0 Å². The van der Waals surface area contributed by atoms with Gasteiger partial charge < -0.3 is 4.42 Å². The van der Waals surface area contributed by atoms with E-state index in [1.165, 1.54) is 49.7 Å².